The van der Waals surface area contributed by atoms with Crippen molar-refractivity contribution in [3.8, 4) is 0 Å². The lowest BCUT2D eigenvalue weighted by Crippen LogP contribution is -2.47. The number of carbonyl (C=O) groups is 2. The summed E-state index contributed by atoms with van der Waals surface area (Å²) in [6.45, 7) is 1.50. The Hall–Kier alpha value is -1.10. The molecule has 1 spiro atoms. The molecule has 0 radical (unpaired) electrons. The van der Waals surface area contributed by atoms with Gasteiger partial charge >= 0.3 is 5.97 Å². The molecule has 5 nitrogen and oxygen atoms in total. The van der Waals surface area contributed by atoms with Crippen molar-refractivity contribution in [1.82, 2.24) is 4.90 Å². The van der Waals surface area contributed by atoms with Crippen molar-refractivity contribution >= 4 is 11.9 Å². The van der Waals surface area contributed by atoms with Gasteiger partial charge in [-0.15, -0.1) is 0 Å². The SMILES string of the molecule is O=C(O)[C@@H]1C[C@@H]2CCCC[C@H]2N1C(=O)[C@@H]1CC12CCOCC2. The molecule has 0 aromatic rings. The first-order chi connectivity index (χ1) is 10.6. The van der Waals surface area contributed by atoms with Crippen LogP contribution in [0.15, 0.2) is 0 Å². The molecule has 5 heteroatoms. The van der Waals surface area contributed by atoms with Gasteiger partial charge in [-0.3, -0.25) is 4.79 Å². The Balaban J connectivity index is 1.54. The second-order valence-corrected chi connectivity index (χ2v) is 7.68. The van der Waals surface area contributed by atoms with E-state index < -0.39 is 12.0 Å². The van der Waals surface area contributed by atoms with E-state index in [0.29, 0.717) is 12.3 Å². The van der Waals surface area contributed by atoms with Gasteiger partial charge in [-0.25, -0.2) is 4.79 Å². The zero-order valence-corrected chi connectivity index (χ0v) is 13.0. The van der Waals surface area contributed by atoms with E-state index in [1.54, 1.807) is 4.90 Å². The van der Waals surface area contributed by atoms with Gasteiger partial charge in [-0.2, -0.15) is 0 Å². The minimum absolute atomic E-state index is 0.0546. The highest BCUT2D eigenvalue weighted by atomic mass is 16.5. The predicted molar refractivity (Wildman–Crippen MR) is 79.2 cm³/mol. The van der Waals surface area contributed by atoms with Crippen molar-refractivity contribution in [2.24, 2.45) is 17.3 Å². The number of hydrogen-bond acceptors (Lipinski definition) is 3. The minimum Gasteiger partial charge on any atom is -0.480 e. The Labute approximate surface area is 131 Å². The van der Waals surface area contributed by atoms with Gasteiger partial charge < -0.3 is 14.7 Å². The van der Waals surface area contributed by atoms with Crippen molar-refractivity contribution in [3.05, 3.63) is 0 Å². The summed E-state index contributed by atoms with van der Waals surface area (Å²) in [6.07, 6.45) is 7.90. The molecule has 2 saturated carbocycles. The van der Waals surface area contributed by atoms with Crippen molar-refractivity contribution in [3.63, 3.8) is 0 Å². The molecular weight excluding hydrogens is 282 g/mol. The maximum atomic E-state index is 13.1. The van der Waals surface area contributed by atoms with Crippen LogP contribution in [-0.2, 0) is 14.3 Å². The fraction of sp³-hybridized carbons (Fsp3) is 0.882. The van der Waals surface area contributed by atoms with Crippen LogP contribution in [0.1, 0.15) is 51.4 Å². The number of ether oxygens (including phenoxy) is 1. The molecule has 0 aromatic heterocycles. The summed E-state index contributed by atoms with van der Waals surface area (Å²) in [5, 5.41) is 9.57. The van der Waals surface area contributed by atoms with Crippen LogP contribution in [0.2, 0.25) is 0 Å². The average Bonchev–Trinajstić information content (AvgIpc) is 3.06. The fourth-order valence-corrected chi connectivity index (χ4v) is 5.20. The quantitative estimate of drug-likeness (QED) is 0.848. The number of carbonyl (C=O) groups excluding carboxylic acids is 1. The number of likely N-dealkylation sites (tertiary alicyclic amines) is 1. The van der Waals surface area contributed by atoms with Crippen LogP contribution in [0.3, 0.4) is 0 Å². The summed E-state index contributed by atoms with van der Waals surface area (Å²) in [4.78, 5) is 26.5. The van der Waals surface area contributed by atoms with E-state index in [4.69, 9.17) is 4.74 Å². The topological polar surface area (TPSA) is 66.8 Å². The maximum absolute atomic E-state index is 13.1. The van der Waals surface area contributed by atoms with E-state index in [9.17, 15) is 14.7 Å². The third-order valence-electron chi connectivity index (χ3n) is 6.60. The Kier molecular flexibility index (Phi) is 3.44. The molecule has 0 aromatic carbocycles. The van der Waals surface area contributed by atoms with Gasteiger partial charge in [0, 0.05) is 25.2 Å². The number of hydrogen-bond donors (Lipinski definition) is 1. The van der Waals surface area contributed by atoms with Crippen molar-refractivity contribution in [1.29, 1.82) is 0 Å². The minimum atomic E-state index is -0.815. The molecule has 1 amide bonds. The van der Waals surface area contributed by atoms with Crippen LogP contribution < -0.4 is 0 Å². The summed E-state index contributed by atoms with van der Waals surface area (Å²) >= 11 is 0. The Morgan fingerprint density at radius 3 is 2.59 bits per heavy atom. The Morgan fingerprint density at radius 2 is 1.86 bits per heavy atom. The molecule has 4 atom stereocenters. The normalized spacial score (nSPS) is 39.5. The average molecular weight is 307 g/mol. The van der Waals surface area contributed by atoms with Gasteiger partial charge in [0.2, 0.25) is 5.91 Å². The molecule has 2 aliphatic heterocycles. The first kappa shape index (κ1) is 14.5. The van der Waals surface area contributed by atoms with Crippen LogP contribution in [-0.4, -0.2) is 47.2 Å². The first-order valence-corrected chi connectivity index (χ1v) is 8.75. The monoisotopic (exact) mass is 307 g/mol. The lowest BCUT2D eigenvalue weighted by Gasteiger charge is -2.34. The molecular formula is C17H25NO4. The van der Waals surface area contributed by atoms with Crippen LogP contribution in [0.25, 0.3) is 0 Å². The van der Waals surface area contributed by atoms with E-state index in [-0.39, 0.29) is 23.3 Å². The third kappa shape index (κ3) is 2.16. The highest BCUT2D eigenvalue weighted by Gasteiger charge is 2.61. The van der Waals surface area contributed by atoms with E-state index in [1.165, 1.54) is 6.42 Å². The summed E-state index contributed by atoms with van der Waals surface area (Å²) in [5.41, 5.74) is 0.130. The number of aliphatic carboxylic acids is 1. The van der Waals surface area contributed by atoms with Gasteiger partial charge in [-0.05, 0) is 49.9 Å². The lowest BCUT2D eigenvalue weighted by atomic mass is 9.84. The van der Waals surface area contributed by atoms with E-state index in [1.807, 2.05) is 0 Å². The second-order valence-electron chi connectivity index (χ2n) is 7.68. The van der Waals surface area contributed by atoms with Crippen LogP contribution >= 0.6 is 0 Å². The predicted octanol–water partition coefficient (Wildman–Crippen LogP) is 2.05. The highest BCUT2D eigenvalue weighted by molar-refractivity contribution is 5.88. The summed E-state index contributed by atoms with van der Waals surface area (Å²) < 4.78 is 5.42. The molecule has 0 bridgehead atoms. The number of nitrogens with zero attached hydrogens (tertiary/aromatic N) is 1. The van der Waals surface area contributed by atoms with E-state index in [0.717, 1.165) is 51.7 Å². The van der Waals surface area contributed by atoms with Crippen LogP contribution in [0.4, 0.5) is 0 Å². The Morgan fingerprint density at radius 1 is 1.14 bits per heavy atom. The summed E-state index contributed by atoms with van der Waals surface area (Å²) in [5.74, 6) is -0.227. The smallest absolute Gasteiger partial charge is 0.326 e. The maximum Gasteiger partial charge on any atom is 0.326 e. The van der Waals surface area contributed by atoms with Crippen molar-refractivity contribution in [2.75, 3.05) is 13.2 Å². The second kappa shape index (κ2) is 5.22. The molecule has 2 aliphatic carbocycles. The number of amides is 1. The van der Waals surface area contributed by atoms with Gasteiger partial charge in [0.1, 0.15) is 6.04 Å². The number of carboxylic acids is 1. The highest BCUT2D eigenvalue weighted by Crippen LogP contribution is 2.60. The zero-order valence-electron chi connectivity index (χ0n) is 13.0. The molecule has 2 saturated heterocycles. The molecule has 2 heterocycles. The molecule has 122 valence electrons. The van der Waals surface area contributed by atoms with Crippen LogP contribution in [0.5, 0.6) is 0 Å². The van der Waals surface area contributed by atoms with Gasteiger partial charge in [0.15, 0.2) is 0 Å². The third-order valence-corrected chi connectivity index (χ3v) is 6.60. The fourth-order valence-electron chi connectivity index (χ4n) is 5.20. The Bertz CT molecular complexity index is 485. The van der Waals surface area contributed by atoms with Crippen molar-refractivity contribution in [2.45, 2.75) is 63.5 Å². The molecule has 0 unspecified atom stereocenters. The molecule has 22 heavy (non-hydrogen) atoms. The number of carboxylic acid groups (broad SMARTS) is 1. The summed E-state index contributed by atoms with van der Waals surface area (Å²) in [7, 11) is 0. The standard InChI is InChI=1S/C17H25NO4/c19-15(12-10-17(12)5-7-22-8-6-17)18-13-4-2-1-3-11(13)9-14(18)16(20)21/h11-14H,1-10H2,(H,20,21)/t11-,12-,13+,14-/m0/s1. The van der Waals surface area contributed by atoms with Gasteiger partial charge in [0.05, 0.1) is 0 Å². The van der Waals surface area contributed by atoms with E-state index >= 15 is 0 Å². The summed E-state index contributed by atoms with van der Waals surface area (Å²) in [6, 6.07) is -0.405. The van der Waals surface area contributed by atoms with E-state index in [2.05, 4.69) is 0 Å². The van der Waals surface area contributed by atoms with Gasteiger partial charge in [0.25, 0.3) is 0 Å². The number of fused-ring (bicyclic) bond motifs is 1. The lowest BCUT2D eigenvalue weighted by molar-refractivity contribution is -0.151. The molecule has 4 rings (SSSR count). The molecule has 4 aliphatic rings. The van der Waals surface area contributed by atoms with Crippen molar-refractivity contribution < 1.29 is 19.4 Å². The largest absolute Gasteiger partial charge is 0.480 e. The number of rotatable bonds is 2. The molecule has 4 fully saturated rings. The molecule has 1 N–H and O–H groups in total. The first-order valence-electron chi connectivity index (χ1n) is 8.75. The zero-order chi connectivity index (χ0) is 15.3. The van der Waals surface area contributed by atoms with Gasteiger partial charge in [-0.1, -0.05) is 12.8 Å². The van der Waals surface area contributed by atoms with Crippen LogP contribution in [0, 0.1) is 17.3 Å².